The molecule has 0 bridgehead atoms. The van der Waals surface area contributed by atoms with E-state index in [-0.39, 0.29) is 11.9 Å². The first-order chi connectivity index (χ1) is 12.0. The van der Waals surface area contributed by atoms with Crippen molar-refractivity contribution in [2.75, 3.05) is 0 Å². The summed E-state index contributed by atoms with van der Waals surface area (Å²) < 4.78 is 0. The lowest BCUT2D eigenvalue weighted by Crippen LogP contribution is -2.33. The maximum atomic E-state index is 12.7. The maximum absolute atomic E-state index is 12.7. The zero-order chi connectivity index (χ0) is 18.2. The Hall–Kier alpha value is -2.25. The van der Waals surface area contributed by atoms with Crippen LogP contribution in [0.1, 0.15) is 49.5 Å². The zero-order valence-corrected chi connectivity index (χ0v) is 15.8. The minimum Gasteiger partial charge on any atom is -0.350 e. The third-order valence-electron chi connectivity index (χ3n) is 3.91. The summed E-state index contributed by atoms with van der Waals surface area (Å²) in [7, 11) is 0. The van der Waals surface area contributed by atoms with Crippen molar-refractivity contribution in [1.29, 1.82) is 5.26 Å². The molecule has 0 heterocycles. The Morgan fingerprint density at radius 2 is 1.68 bits per heavy atom. The van der Waals surface area contributed by atoms with Crippen molar-refractivity contribution in [2.45, 2.75) is 49.4 Å². The van der Waals surface area contributed by atoms with Crippen LogP contribution in [0.2, 0.25) is 0 Å². The van der Waals surface area contributed by atoms with Gasteiger partial charge in [-0.05, 0) is 49.9 Å². The molecule has 130 valence electrons. The molecule has 0 saturated heterocycles. The third-order valence-corrected chi connectivity index (χ3v) is 5.07. The van der Waals surface area contributed by atoms with Gasteiger partial charge in [0.2, 0.25) is 0 Å². The predicted molar refractivity (Wildman–Crippen MR) is 103 cm³/mol. The third kappa shape index (κ3) is 5.65. The van der Waals surface area contributed by atoms with Crippen LogP contribution < -0.4 is 5.32 Å². The number of nitrogens with one attached hydrogen (secondary N) is 1. The topological polar surface area (TPSA) is 52.9 Å². The molecule has 0 fully saturated rings. The molecule has 0 radical (unpaired) electrons. The van der Waals surface area contributed by atoms with Crippen LogP contribution >= 0.6 is 11.8 Å². The Labute approximate surface area is 154 Å². The summed E-state index contributed by atoms with van der Waals surface area (Å²) in [6.45, 7) is 6.42. The molecule has 4 heteroatoms. The van der Waals surface area contributed by atoms with Crippen molar-refractivity contribution in [1.82, 2.24) is 5.32 Å². The fourth-order valence-corrected chi connectivity index (χ4v) is 3.49. The molecule has 0 aliphatic carbocycles. The van der Waals surface area contributed by atoms with E-state index in [0.29, 0.717) is 17.0 Å². The fraction of sp³-hybridized carbons (Fsp3) is 0.333. The van der Waals surface area contributed by atoms with Crippen LogP contribution in [-0.4, -0.2) is 11.9 Å². The molecule has 2 aromatic carbocycles. The van der Waals surface area contributed by atoms with Gasteiger partial charge in [0.15, 0.2) is 0 Å². The molecule has 1 N–H and O–H groups in total. The maximum Gasteiger partial charge on any atom is 0.252 e. The number of carbonyl (C=O) groups excluding carboxylic acids is 1. The van der Waals surface area contributed by atoms with Crippen LogP contribution in [0.15, 0.2) is 58.3 Å². The van der Waals surface area contributed by atoms with Crippen LogP contribution in [0.25, 0.3) is 0 Å². The van der Waals surface area contributed by atoms with Crippen molar-refractivity contribution in [3.05, 3.63) is 59.7 Å². The summed E-state index contributed by atoms with van der Waals surface area (Å²) >= 11 is 1.46. The Morgan fingerprint density at radius 3 is 2.36 bits per heavy atom. The predicted octanol–water partition coefficient (Wildman–Crippen LogP) is 5.26. The number of hydrogen-bond acceptors (Lipinski definition) is 3. The average molecular weight is 353 g/mol. The summed E-state index contributed by atoms with van der Waals surface area (Å²) in [5, 5.41) is 12.3. The van der Waals surface area contributed by atoms with Gasteiger partial charge in [0, 0.05) is 15.8 Å². The zero-order valence-electron chi connectivity index (χ0n) is 15.0. The molecule has 1 amide bonds. The van der Waals surface area contributed by atoms with E-state index in [9.17, 15) is 10.1 Å². The molecule has 0 spiro atoms. The van der Waals surface area contributed by atoms with Crippen LogP contribution in [0.4, 0.5) is 0 Å². The lowest BCUT2D eigenvalue weighted by molar-refractivity contribution is 0.0934. The van der Waals surface area contributed by atoms with Crippen molar-refractivity contribution >= 4 is 17.7 Å². The number of amides is 1. The van der Waals surface area contributed by atoms with Gasteiger partial charge in [-0.3, -0.25) is 4.79 Å². The standard InChI is InChI=1S/C21H24N2OS/c1-15(2)12-13-16(3)23-21(24)18-9-5-7-11-20(18)25-19-10-6-4-8-17(19)14-22/h4-11,15-16H,12-13H2,1-3H3,(H,23,24). The first-order valence-electron chi connectivity index (χ1n) is 8.58. The van der Waals surface area contributed by atoms with Gasteiger partial charge in [-0.25, -0.2) is 0 Å². The van der Waals surface area contributed by atoms with E-state index in [1.165, 1.54) is 11.8 Å². The molecule has 1 unspecified atom stereocenters. The largest absolute Gasteiger partial charge is 0.350 e. The highest BCUT2D eigenvalue weighted by molar-refractivity contribution is 7.99. The van der Waals surface area contributed by atoms with Gasteiger partial charge in [0.25, 0.3) is 5.91 Å². The Kier molecular flexibility index (Phi) is 7.09. The SMILES string of the molecule is CC(C)CCC(C)NC(=O)c1ccccc1Sc1ccccc1C#N. The summed E-state index contributed by atoms with van der Waals surface area (Å²) in [5.74, 6) is 0.568. The van der Waals surface area contributed by atoms with E-state index in [0.717, 1.165) is 22.6 Å². The molecule has 1 atom stereocenters. The Morgan fingerprint density at radius 1 is 1.04 bits per heavy atom. The molecule has 2 rings (SSSR count). The summed E-state index contributed by atoms with van der Waals surface area (Å²) in [4.78, 5) is 14.4. The quantitative estimate of drug-likeness (QED) is 0.739. The van der Waals surface area contributed by atoms with Gasteiger partial charge in [-0.2, -0.15) is 5.26 Å². The summed E-state index contributed by atoms with van der Waals surface area (Å²) in [5.41, 5.74) is 1.27. The van der Waals surface area contributed by atoms with Gasteiger partial charge in [-0.1, -0.05) is 49.9 Å². The van der Waals surface area contributed by atoms with E-state index in [1.54, 1.807) is 6.07 Å². The molecule has 2 aromatic rings. The number of hydrogen-bond donors (Lipinski definition) is 1. The lowest BCUT2D eigenvalue weighted by Gasteiger charge is -2.16. The second kappa shape index (κ2) is 9.29. The highest BCUT2D eigenvalue weighted by atomic mass is 32.2. The van der Waals surface area contributed by atoms with Crippen LogP contribution in [0.5, 0.6) is 0 Å². The molecule has 0 aromatic heterocycles. The lowest BCUT2D eigenvalue weighted by atomic mass is 10.0. The highest BCUT2D eigenvalue weighted by Gasteiger charge is 2.15. The number of carbonyl (C=O) groups is 1. The average Bonchev–Trinajstić information content (AvgIpc) is 2.61. The van der Waals surface area contributed by atoms with E-state index in [4.69, 9.17) is 0 Å². The minimum absolute atomic E-state index is 0.0613. The highest BCUT2D eigenvalue weighted by Crippen LogP contribution is 2.32. The number of nitrogens with zero attached hydrogens (tertiary/aromatic N) is 1. The molecule has 0 aliphatic heterocycles. The van der Waals surface area contributed by atoms with Crippen LogP contribution in [0.3, 0.4) is 0 Å². The van der Waals surface area contributed by atoms with Gasteiger partial charge in [0.1, 0.15) is 6.07 Å². The van der Waals surface area contributed by atoms with Gasteiger partial charge in [-0.15, -0.1) is 0 Å². The number of rotatable bonds is 7. The van der Waals surface area contributed by atoms with E-state index in [1.807, 2.05) is 49.4 Å². The Bertz CT molecular complexity index is 764. The van der Waals surface area contributed by atoms with Gasteiger partial charge >= 0.3 is 0 Å². The van der Waals surface area contributed by atoms with Gasteiger partial charge in [0.05, 0.1) is 11.1 Å². The normalized spacial score (nSPS) is 11.8. The van der Waals surface area contributed by atoms with E-state index in [2.05, 4.69) is 25.2 Å². The minimum atomic E-state index is -0.0613. The van der Waals surface area contributed by atoms with Crippen LogP contribution in [0, 0.1) is 17.2 Å². The molecule has 0 saturated carbocycles. The molecular weight excluding hydrogens is 328 g/mol. The monoisotopic (exact) mass is 352 g/mol. The molecule has 0 aliphatic rings. The summed E-state index contributed by atoms with van der Waals surface area (Å²) in [6, 6.07) is 17.3. The smallest absolute Gasteiger partial charge is 0.252 e. The summed E-state index contributed by atoms with van der Waals surface area (Å²) in [6.07, 6.45) is 2.06. The second-order valence-corrected chi connectivity index (χ2v) is 7.64. The molecular formula is C21H24N2OS. The molecule has 25 heavy (non-hydrogen) atoms. The fourth-order valence-electron chi connectivity index (χ4n) is 2.47. The van der Waals surface area contributed by atoms with Crippen molar-refractivity contribution in [3.63, 3.8) is 0 Å². The Balaban J connectivity index is 2.15. The van der Waals surface area contributed by atoms with Gasteiger partial charge < -0.3 is 5.32 Å². The van der Waals surface area contributed by atoms with E-state index < -0.39 is 0 Å². The van der Waals surface area contributed by atoms with Crippen molar-refractivity contribution in [2.24, 2.45) is 5.92 Å². The molecule has 3 nitrogen and oxygen atoms in total. The van der Waals surface area contributed by atoms with Crippen molar-refractivity contribution < 1.29 is 4.79 Å². The first-order valence-corrected chi connectivity index (χ1v) is 9.39. The second-order valence-electron chi connectivity index (χ2n) is 6.55. The number of nitriles is 1. The number of benzene rings is 2. The van der Waals surface area contributed by atoms with Crippen molar-refractivity contribution in [3.8, 4) is 6.07 Å². The van der Waals surface area contributed by atoms with E-state index >= 15 is 0 Å². The van der Waals surface area contributed by atoms with Crippen LogP contribution in [-0.2, 0) is 0 Å². The first kappa shape index (κ1) is 19.1.